The molecule has 0 fully saturated rings. The van der Waals surface area contributed by atoms with Crippen LogP contribution < -0.4 is 10.9 Å². The van der Waals surface area contributed by atoms with E-state index in [4.69, 9.17) is 16.3 Å². The van der Waals surface area contributed by atoms with Gasteiger partial charge >= 0.3 is 5.97 Å². The number of hydrazine groups is 1. The van der Waals surface area contributed by atoms with E-state index in [0.717, 1.165) is 0 Å². The normalized spacial score (nSPS) is 11.4. The van der Waals surface area contributed by atoms with Crippen LogP contribution in [0.3, 0.4) is 0 Å². The van der Waals surface area contributed by atoms with Crippen LogP contribution in [-0.2, 0) is 9.53 Å². The van der Waals surface area contributed by atoms with Gasteiger partial charge in [0, 0.05) is 5.56 Å². The van der Waals surface area contributed by atoms with Crippen molar-refractivity contribution in [1.29, 1.82) is 0 Å². The Balaban J connectivity index is 1.93. The molecule has 0 bridgehead atoms. The summed E-state index contributed by atoms with van der Waals surface area (Å²) in [5.74, 6) is -5.03. The molecule has 0 aliphatic carbocycles. The minimum absolute atomic E-state index is 0.311. The number of benzene rings is 2. The molecule has 26 heavy (non-hydrogen) atoms. The first-order chi connectivity index (χ1) is 12.3. The molecule has 0 unspecified atom stereocenters. The summed E-state index contributed by atoms with van der Waals surface area (Å²) in [6.45, 7) is 1.23. The molecule has 2 N–H and O–H groups in total. The molecular weight excluding hydrogens is 370 g/mol. The highest BCUT2D eigenvalue weighted by Crippen LogP contribution is 2.21. The lowest BCUT2D eigenvalue weighted by Gasteiger charge is -2.14. The molecule has 0 aliphatic heterocycles. The molecule has 0 aromatic heterocycles. The molecule has 0 heterocycles. The molecule has 0 saturated heterocycles. The summed E-state index contributed by atoms with van der Waals surface area (Å²) < 4.78 is 31.1. The standard InChI is InChI=1S/C17H13ClF2N2O4/c1-9(15(23)21-22-16(24)10-5-3-2-4-6-10)26-17(25)11-7-13(19)14(20)8-12(11)18/h2-9H,1H3,(H,21,23)(H,22,24)/t9-/m0/s1. The van der Waals surface area contributed by atoms with E-state index < -0.39 is 41.1 Å². The monoisotopic (exact) mass is 382 g/mol. The molecule has 2 amide bonds. The average Bonchev–Trinajstić information content (AvgIpc) is 2.62. The summed E-state index contributed by atoms with van der Waals surface area (Å²) >= 11 is 5.66. The number of carbonyl (C=O) groups is 3. The smallest absolute Gasteiger partial charge is 0.340 e. The van der Waals surface area contributed by atoms with Crippen LogP contribution in [0.15, 0.2) is 42.5 Å². The molecular formula is C17H13ClF2N2O4. The topological polar surface area (TPSA) is 84.5 Å². The Bertz CT molecular complexity index is 846. The highest BCUT2D eigenvalue weighted by atomic mass is 35.5. The molecule has 2 rings (SSSR count). The van der Waals surface area contributed by atoms with Gasteiger partial charge < -0.3 is 4.74 Å². The maximum Gasteiger partial charge on any atom is 0.340 e. The van der Waals surface area contributed by atoms with Crippen LogP contribution in [0.25, 0.3) is 0 Å². The van der Waals surface area contributed by atoms with Gasteiger partial charge in [0.2, 0.25) is 0 Å². The Kier molecular flexibility index (Phi) is 6.24. The van der Waals surface area contributed by atoms with Gasteiger partial charge in [-0.15, -0.1) is 0 Å². The SMILES string of the molecule is C[C@H](OC(=O)c1cc(F)c(F)cc1Cl)C(=O)NNC(=O)c1ccccc1. The third-order valence-corrected chi connectivity index (χ3v) is 3.53. The van der Waals surface area contributed by atoms with Gasteiger partial charge in [-0.3, -0.25) is 20.4 Å². The quantitative estimate of drug-likeness (QED) is 0.483. The van der Waals surface area contributed by atoms with Crippen LogP contribution in [0.1, 0.15) is 27.6 Å². The van der Waals surface area contributed by atoms with Crippen molar-refractivity contribution < 1.29 is 27.9 Å². The fraction of sp³-hybridized carbons (Fsp3) is 0.118. The van der Waals surface area contributed by atoms with Crippen LogP contribution in [-0.4, -0.2) is 23.9 Å². The summed E-state index contributed by atoms with van der Waals surface area (Å²) in [5, 5.41) is -0.362. The summed E-state index contributed by atoms with van der Waals surface area (Å²) in [6, 6.07) is 9.28. The number of esters is 1. The zero-order valence-electron chi connectivity index (χ0n) is 13.4. The van der Waals surface area contributed by atoms with Crippen molar-refractivity contribution in [2.75, 3.05) is 0 Å². The summed E-state index contributed by atoms with van der Waals surface area (Å²) in [7, 11) is 0. The van der Waals surface area contributed by atoms with Crippen molar-refractivity contribution >= 4 is 29.4 Å². The molecule has 2 aromatic carbocycles. The zero-order chi connectivity index (χ0) is 19.3. The van der Waals surface area contributed by atoms with Crippen LogP contribution in [0.4, 0.5) is 8.78 Å². The largest absolute Gasteiger partial charge is 0.449 e. The molecule has 0 saturated carbocycles. The predicted octanol–water partition coefficient (Wildman–Crippen LogP) is 2.62. The number of rotatable bonds is 4. The van der Waals surface area contributed by atoms with E-state index in [1.807, 2.05) is 0 Å². The Hall–Kier alpha value is -3.00. The first-order valence-electron chi connectivity index (χ1n) is 7.30. The van der Waals surface area contributed by atoms with Crippen molar-refractivity contribution in [2.45, 2.75) is 13.0 Å². The zero-order valence-corrected chi connectivity index (χ0v) is 14.1. The lowest BCUT2D eigenvalue weighted by molar-refractivity contribution is -0.129. The Morgan fingerprint density at radius 1 is 1.04 bits per heavy atom. The van der Waals surface area contributed by atoms with Gasteiger partial charge in [0.25, 0.3) is 11.8 Å². The molecule has 0 radical (unpaired) electrons. The molecule has 0 aliphatic rings. The van der Waals surface area contributed by atoms with Crippen molar-refractivity contribution in [2.24, 2.45) is 0 Å². The second kappa shape index (κ2) is 8.39. The second-order valence-electron chi connectivity index (χ2n) is 5.10. The van der Waals surface area contributed by atoms with Gasteiger partial charge in [0.15, 0.2) is 17.7 Å². The van der Waals surface area contributed by atoms with Crippen LogP contribution in [0.5, 0.6) is 0 Å². The third kappa shape index (κ3) is 4.76. The maximum atomic E-state index is 13.2. The maximum absolute atomic E-state index is 13.2. The number of nitrogens with one attached hydrogen (secondary N) is 2. The molecule has 1 atom stereocenters. The number of halogens is 3. The van der Waals surface area contributed by atoms with Crippen molar-refractivity contribution in [3.63, 3.8) is 0 Å². The van der Waals surface area contributed by atoms with Crippen molar-refractivity contribution in [1.82, 2.24) is 10.9 Å². The van der Waals surface area contributed by atoms with Crippen LogP contribution in [0.2, 0.25) is 5.02 Å². The lowest BCUT2D eigenvalue weighted by atomic mass is 10.2. The van der Waals surface area contributed by atoms with Gasteiger partial charge in [-0.2, -0.15) is 0 Å². The molecule has 9 heteroatoms. The Labute approximate surface area is 152 Å². The minimum Gasteiger partial charge on any atom is -0.449 e. The first kappa shape index (κ1) is 19.3. The van der Waals surface area contributed by atoms with E-state index >= 15 is 0 Å². The molecule has 0 spiro atoms. The summed E-state index contributed by atoms with van der Waals surface area (Å²) in [5.41, 5.74) is 4.12. The van der Waals surface area contributed by atoms with E-state index in [9.17, 15) is 23.2 Å². The van der Waals surface area contributed by atoms with Crippen LogP contribution in [0, 0.1) is 11.6 Å². The fourth-order valence-electron chi connectivity index (χ4n) is 1.84. The minimum atomic E-state index is -1.33. The predicted molar refractivity (Wildman–Crippen MR) is 88.3 cm³/mol. The number of hydrogen-bond acceptors (Lipinski definition) is 4. The second-order valence-corrected chi connectivity index (χ2v) is 5.51. The number of carbonyl (C=O) groups excluding carboxylic acids is 3. The van der Waals surface area contributed by atoms with Crippen molar-refractivity contribution in [3.05, 3.63) is 70.2 Å². The number of ether oxygens (including phenoxy) is 1. The van der Waals surface area contributed by atoms with E-state index in [0.29, 0.717) is 17.7 Å². The van der Waals surface area contributed by atoms with Gasteiger partial charge in [-0.05, 0) is 31.2 Å². The van der Waals surface area contributed by atoms with Gasteiger partial charge in [0.05, 0.1) is 10.6 Å². The van der Waals surface area contributed by atoms with Gasteiger partial charge in [0.1, 0.15) is 0 Å². The van der Waals surface area contributed by atoms with E-state index in [-0.39, 0.29) is 5.02 Å². The van der Waals surface area contributed by atoms with E-state index in [1.54, 1.807) is 18.2 Å². The Morgan fingerprint density at radius 2 is 1.65 bits per heavy atom. The van der Waals surface area contributed by atoms with Crippen LogP contribution >= 0.6 is 11.6 Å². The lowest BCUT2D eigenvalue weighted by Crippen LogP contribution is -2.46. The third-order valence-electron chi connectivity index (χ3n) is 3.22. The Morgan fingerprint density at radius 3 is 2.31 bits per heavy atom. The molecule has 136 valence electrons. The van der Waals surface area contributed by atoms with Gasteiger partial charge in [-0.25, -0.2) is 13.6 Å². The molecule has 6 nitrogen and oxygen atoms in total. The number of amides is 2. The highest BCUT2D eigenvalue weighted by molar-refractivity contribution is 6.33. The first-order valence-corrected chi connectivity index (χ1v) is 7.68. The van der Waals surface area contributed by atoms with Gasteiger partial charge in [-0.1, -0.05) is 29.8 Å². The highest BCUT2D eigenvalue weighted by Gasteiger charge is 2.22. The fourth-order valence-corrected chi connectivity index (χ4v) is 2.07. The number of hydrogen-bond donors (Lipinski definition) is 2. The summed E-state index contributed by atoms with van der Waals surface area (Å²) in [6.07, 6.45) is -1.33. The van der Waals surface area contributed by atoms with E-state index in [1.165, 1.54) is 19.1 Å². The van der Waals surface area contributed by atoms with E-state index in [2.05, 4.69) is 10.9 Å². The average molecular weight is 383 g/mol. The van der Waals surface area contributed by atoms with Crippen molar-refractivity contribution in [3.8, 4) is 0 Å². The summed E-state index contributed by atoms with van der Waals surface area (Å²) in [4.78, 5) is 35.6. The molecule has 2 aromatic rings.